The van der Waals surface area contributed by atoms with Crippen molar-refractivity contribution in [3.63, 3.8) is 0 Å². The van der Waals surface area contributed by atoms with Gasteiger partial charge in [0.15, 0.2) is 0 Å². The largest absolute Gasteiger partial charge is 0.368 e. The van der Waals surface area contributed by atoms with Crippen molar-refractivity contribution in [2.75, 3.05) is 5.73 Å². The van der Waals surface area contributed by atoms with Gasteiger partial charge in [-0.15, -0.1) is 0 Å². The molecule has 1 aromatic carbocycles. The number of hydrogen-bond donors (Lipinski definition) is 1. The fourth-order valence-electron chi connectivity index (χ4n) is 4.32. The Labute approximate surface area is 164 Å². The first-order valence-electron chi connectivity index (χ1n) is 10.1. The van der Waals surface area contributed by atoms with Crippen LogP contribution in [0.15, 0.2) is 42.9 Å². The number of imidazole rings is 1. The van der Waals surface area contributed by atoms with Crippen LogP contribution in [0.5, 0.6) is 0 Å². The Bertz CT molecular complexity index is 928. The number of nitrogens with zero attached hydrogens (tertiary/aromatic N) is 4. The van der Waals surface area contributed by atoms with Gasteiger partial charge in [-0.05, 0) is 49.6 Å². The molecule has 2 N–H and O–H groups in total. The van der Waals surface area contributed by atoms with E-state index in [1.54, 1.807) is 18.3 Å². The molecule has 2 aromatic heterocycles. The second-order valence-electron chi connectivity index (χ2n) is 7.48. The van der Waals surface area contributed by atoms with Crippen molar-refractivity contribution in [2.45, 2.75) is 57.4 Å². The summed E-state index contributed by atoms with van der Waals surface area (Å²) in [5.41, 5.74) is 9.72. The zero-order valence-corrected chi connectivity index (χ0v) is 16.2. The van der Waals surface area contributed by atoms with Gasteiger partial charge in [0.25, 0.3) is 0 Å². The first-order valence-corrected chi connectivity index (χ1v) is 10.1. The Morgan fingerprint density at radius 1 is 1.11 bits per heavy atom. The molecule has 0 spiro atoms. The van der Waals surface area contributed by atoms with E-state index in [-0.39, 0.29) is 17.7 Å². The van der Waals surface area contributed by atoms with Crippen LogP contribution in [0, 0.1) is 5.82 Å². The SMILES string of the molecule is CCC(c1ccnc(N)n1)c1c(-c2ccc(F)cc2)ncn1C1CCCCC1. The van der Waals surface area contributed by atoms with Crippen molar-refractivity contribution in [1.82, 2.24) is 19.5 Å². The average Bonchev–Trinajstić information content (AvgIpc) is 3.15. The minimum atomic E-state index is -0.243. The van der Waals surface area contributed by atoms with Crippen molar-refractivity contribution >= 4 is 5.95 Å². The number of rotatable bonds is 5. The van der Waals surface area contributed by atoms with Crippen LogP contribution < -0.4 is 5.73 Å². The lowest BCUT2D eigenvalue weighted by Crippen LogP contribution is -2.18. The Kier molecular flexibility index (Phi) is 5.37. The molecule has 1 aliphatic rings. The van der Waals surface area contributed by atoms with Crippen LogP contribution in [0.3, 0.4) is 0 Å². The first kappa shape index (κ1) is 18.6. The van der Waals surface area contributed by atoms with E-state index in [1.807, 2.05) is 12.4 Å². The van der Waals surface area contributed by atoms with Crippen molar-refractivity contribution < 1.29 is 4.39 Å². The van der Waals surface area contributed by atoms with Crippen LogP contribution in [0.1, 0.15) is 68.8 Å². The fourth-order valence-corrected chi connectivity index (χ4v) is 4.32. The van der Waals surface area contributed by atoms with Crippen LogP contribution in [0.4, 0.5) is 10.3 Å². The van der Waals surface area contributed by atoms with E-state index >= 15 is 0 Å². The summed E-state index contributed by atoms with van der Waals surface area (Å²) in [4.78, 5) is 13.3. The number of halogens is 1. The molecular weight excluding hydrogens is 353 g/mol. The summed E-state index contributed by atoms with van der Waals surface area (Å²) in [7, 11) is 0. The summed E-state index contributed by atoms with van der Waals surface area (Å²) >= 11 is 0. The molecule has 0 bridgehead atoms. The van der Waals surface area contributed by atoms with E-state index in [4.69, 9.17) is 10.7 Å². The van der Waals surface area contributed by atoms with Crippen LogP contribution in [0.2, 0.25) is 0 Å². The summed E-state index contributed by atoms with van der Waals surface area (Å²) in [6.07, 6.45) is 10.6. The second kappa shape index (κ2) is 8.09. The van der Waals surface area contributed by atoms with E-state index in [1.165, 1.54) is 31.4 Å². The Balaban J connectivity index is 1.85. The Morgan fingerprint density at radius 3 is 2.54 bits per heavy atom. The maximum Gasteiger partial charge on any atom is 0.220 e. The molecule has 6 heteroatoms. The van der Waals surface area contributed by atoms with Crippen LogP contribution in [-0.2, 0) is 0 Å². The molecule has 3 aromatic rings. The number of aromatic nitrogens is 4. The molecule has 2 heterocycles. The molecule has 0 amide bonds. The second-order valence-corrected chi connectivity index (χ2v) is 7.48. The van der Waals surface area contributed by atoms with E-state index in [0.717, 1.165) is 41.9 Å². The van der Waals surface area contributed by atoms with Gasteiger partial charge in [-0.1, -0.05) is 26.2 Å². The Hall–Kier alpha value is -2.76. The number of nitrogens with two attached hydrogens (primary N) is 1. The topological polar surface area (TPSA) is 69.6 Å². The molecule has 0 aliphatic heterocycles. The number of hydrogen-bond acceptors (Lipinski definition) is 4. The summed E-state index contributed by atoms with van der Waals surface area (Å²) < 4.78 is 15.8. The molecule has 28 heavy (non-hydrogen) atoms. The Morgan fingerprint density at radius 2 is 1.86 bits per heavy atom. The van der Waals surface area contributed by atoms with E-state index in [2.05, 4.69) is 21.5 Å². The molecule has 0 radical (unpaired) electrons. The zero-order chi connectivity index (χ0) is 19.5. The maximum atomic E-state index is 13.5. The van der Waals surface area contributed by atoms with Crippen molar-refractivity contribution in [1.29, 1.82) is 0 Å². The van der Waals surface area contributed by atoms with Gasteiger partial charge in [0.05, 0.1) is 23.4 Å². The minimum absolute atomic E-state index is 0.0507. The molecule has 1 unspecified atom stereocenters. The highest BCUT2D eigenvalue weighted by molar-refractivity contribution is 5.63. The van der Waals surface area contributed by atoms with Gasteiger partial charge < -0.3 is 10.3 Å². The highest BCUT2D eigenvalue weighted by Crippen LogP contribution is 2.39. The zero-order valence-electron chi connectivity index (χ0n) is 16.2. The summed E-state index contributed by atoms with van der Waals surface area (Å²) in [5, 5.41) is 0. The fraction of sp³-hybridized carbons (Fsp3) is 0.409. The summed E-state index contributed by atoms with van der Waals surface area (Å²) in [6.45, 7) is 2.15. The predicted octanol–water partition coefficient (Wildman–Crippen LogP) is 5.11. The van der Waals surface area contributed by atoms with Gasteiger partial charge in [-0.25, -0.2) is 19.3 Å². The average molecular weight is 379 g/mol. The molecule has 146 valence electrons. The standard InChI is InChI=1S/C22H26FN5/c1-2-18(19-12-13-25-22(24)27-19)21-20(15-8-10-16(23)11-9-15)26-14-28(21)17-6-4-3-5-7-17/h8-14,17-18H,2-7H2,1H3,(H2,24,25,27). The molecule has 1 atom stereocenters. The van der Waals surface area contributed by atoms with Gasteiger partial charge >= 0.3 is 0 Å². The van der Waals surface area contributed by atoms with Crippen molar-refractivity contribution in [3.8, 4) is 11.3 Å². The lowest BCUT2D eigenvalue weighted by Gasteiger charge is -2.28. The predicted molar refractivity (Wildman–Crippen MR) is 108 cm³/mol. The van der Waals surface area contributed by atoms with Gasteiger partial charge in [-0.3, -0.25) is 0 Å². The van der Waals surface area contributed by atoms with E-state index in [0.29, 0.717) is 6.04 Å². The molecule has 1 saturated carbocycles. The van der Waals surface area contributed by atoms with Gasteiger partial charge in [0.1, 0.15) is 5.82 Å². The molecular formula is C22H26FN5. The molecule has 1 aliphatic carbocycles. The van der Waals surface area contributed by atoms with E-state index < -0.39 is 0 Å². The number of benzene rings is 1. The van der Waals surface area contributed by atoms with Crippen LogP contribution in [0.25, 0.3) is 11.3 Å². The normalized spacial score (nSPS) is 16.2. The maximum absolute atomic E-state index is 13.5. The summed E-state index contributed by atoms with van der Waals surface area (Å²) in [6, 6.07) is 8.95. The van der Waals surface area contributed by atoms with E-state index in [9.17, 15) is 4.39 Å². The van der Waals surface area contributed by atoms with Crippen molar-refractivity contribution in [3.05, 3.63) is 60.1 Å². The third kappa shape index (κ3) is 3.63. The molecule has 1 fully saturated rings. The lowest BCUT2D eigenvalue weighted by molar-refractivity contribution is 0.343. The van der Waals surface area contributed by atoms with Crippen LogP contribution in [-0.4, -0.2) is 19.5 Å². The molecule has 5 nitrogen and oxygen atoms in total. The van der Waals surface area contributed by atoms with Gasteiger partial charge in [0.2, 0.25) is 5.95 Å². The monoisotopic (exact) mass is 379 g/mol. The highest BCUT2D eigenvalue weighted by atomic mass is 19.1. The molecule has 4 rings (SSSR count). The smallest absolute Gasteiger partial charge is 0.220 e. The van der Waals surface area contributed by atoms with Crippen LogP contribution >= 0.6 is 0 Å². The molecule has 0 saturated heterocycles. The van der Waals surface area contributed by atoms with Gasteiger partial charge in [-0.2, -0.15) is 0 Å². The number of anilines is 1. The van der Waals surface area contributed by atoms with Gasteiger partial charge in [0, 0.05) is 23.7 Å². The quantitative estimate of drug-likeness (QED) is 0.669. The minimum Gasteiger partial charge on any atom is -0.368 e. The van der Waals surface area contributed by atoms with Crippen molar-refractivity contribution in [2.24, 2.45) is 0 Å². The highest BCUT2D eigenvalue weighted by Gasteiger charge is 2.27. The first-order chi connectivity index (χ1) is 13.7. The lowest BCUT2D eigenvalue weighted by atomic mass is 9.91. The third-order valence-electron chi connectivity index (χ3n) is 5.71. The summed E-state index contributed by atoms with van der Waals surface area (Å²) in [5.74, 6) is 0.0884. The number of nitrogen functional groups attached to an aromatic ring is 1. The third-order valence-corrected chi connectivity index (χ3v) is 5.71.